The van der Waals surface area contributed by atoms with Crippen molar-refractivity contribution >= 4 is 17.7 Å². The van der Waals surface area contributed by atoms with Gasteiger partial charge in [-0.2, -0.15) is 0 Å². The summed E-state index contributed by atoms with van der Waals surface area (Å²) in [6.45, 7) is 3.77. The smallest absolute Gasteiger partial charge is 0.223 e. The molecule has 0 radical (unpaired) electrons. The Balaban J connectivity index is 1.83. The van der Waals surface area contributed by atoms with Crippen molar-refractivity contribution in [1.82, 2.24) is 9.97 Å². The molecule has 0 bridgehead atoms. The van der Waals surface area contributed by atoms with Crippen molar-refractivity contribution < 1.29 is 14.3 Å². The van der Waals surface area contributed by atoms with Gasteiger partial charge >= 0.3 is 0 Å². The first kappa shape index (κ1) is 22.7. The van der Waals surface area contributed by atoms with E-state index in [4.69, 9.17) is 20.2 Å². The van der Waals surface area contributed by atoms with Gasteiger partial charge < -0.3 is 20.2 Å². The fraction of sp³-hybridized carbons (Fsp3) is 0.333. The molecule has 0 spiro atoms. The predicted octanol–water partition coefficient (Wildman–Crippen LogP) is 5.14. The summed E-state index contributed by atoms with van der Waals surface area (Å²) in [5.74, 6) is 2.19. The molecular formula is C24H29N3O3S. The fourth-order valence-electron chi connectivity index (χ4n) is 3.15. The topological polar surface area (TPSA) is 90.2 Å². The van der Waals surface area contributed by atoms with Crippen LogP contribution in [-0.4, -0.2) is 35.8 Å². The van der Waals surface area contributed by atoms with Crippen LogP contribution < -0.4 is 15.2 Å². The van der Waals surface area contributed by atoms with E-state index in [0.717, 1.165) is 57.8 Å². The lowest BCUT2D eigenvalue weighted by Crippen LogP contribution is -2.31. The van der Waals surface area contributed by atoms with Crippen molar-refractivity contribution in [2.45, 2.75) is 31.8 Å². The Hall–Kier alpha value is -2.93. The molecule has 1 heterocycles. The molecule has 6 nitrogen and oxygen atoms in total. The van der Waals surface area contributed by atoms with Crippen molar-refractivity contribution in [2.24, 2.45) is 11.1 Å². The number of thioether (sulfide) groups is 1. The van der Waals surface area contributed by atoms with E-state index in [1.807, 2.05) is 62.4 Å². The van der Waals surface area contributed by atoms with Crippen molar-refractivity contribution in [3.8, 4) is 34.0 Å². The summed E-state index contributed by atoms with van der Waals surface area (Å²) in [6.07, 6.45) is 1.61. The fourth-order valence-corrected chi connectivity index (χ4v) is 3.96. The second-order valence-electron chi connectivity index (χ2n) is 7.92. The Bertz CT molecular complexity index is 947. The average Bonchev–Trinajstić information content (AvgIpc) is 3.21. The molecule has 0 saturated carbocycles. The number of aromatic amines is 1. The average molecular weight is 440 g/mol. The summed E-state index contributed by atoms with van der Waals surface area (Å²) in [5, 5.41) is 0.841. The van der Waals surface area contributed by atoms with E-state index in [1.165, 1.54) is 0 Å². The van der Waals surface area contributed by atoms with E-state index < -0.39 is 5.41 Å². The lowest BCUT2D eigenvalue weighted by Gasteiger charge is -2.19. The molecule has 3 N–H and O–H groups in total. The number of primary amides is 1. The number of hydrogen-bond donors (Lipinski definition) is 2. The van der Waals surface area contributed by atoms with E-state index in [1.54, 1.807) is 26.0 Å². The van der Waals surface area contributed by atoms with Crippen molar-refractivity contribution in [2.75, 3.05) is 20.0 Å². The summed E-state index contributed by atoms with van der Waals surface area (Å²) >= 11 is 1.64. The highest BCUT2D eigenvalue weighted by molar-refractivity contribution is 7.99. The Morgan fingerprint density at radius 3 is 2.06 bits per heavy atom. The number of ether oxygens (including phenoxy) is 2. The van der Waals surface area contributed by atoms with Crippen LogP contribution in [0.2, 0.25) is 0 Å². The van der Waals surface area contributed by atoms with Crippen LogP contribution in [0, 0.1) is 5.41 Å². The molecule has 3 aromatic rings. The molecular weight excluding hydrogens is 410 g/mol. The van der Waals surface area contributed by atoms with Gasteiger partial charge in [-0.15, -0.1) is 0 Å². The van der Waals surface area contributed by atoms with Crippen LogP contribution in [0.4, 0.5) is 0 Å². The standard InChI is InChI=1S/C24H29N3O3S/c1-24(2,22(25)28)14-5-15-31-23-26-20(16-6-10-18(29-3)11-7-16)21(27-23)17-8-12-19(30-4)13-9-17/h6-13H,5,14-15H2,1-4H3,(H2,25,28)(H,26,27). The third-order valence-corrected chi connectivity index (χ3v) is 6.24. The Morgan fingerprint density at radius 2 is 1.55 bits per heavy atom. The molecule has 0 unspecified atom stereocenters. The van der Waals surface area contributed by atoms with E-state index in [-0.39, 0.29) is 5.91 Å². The maximum absolute atomic E-state index is 11.5. The lowest BCUT2D eigenvalue weighted by molar-refractivity contribution is -0.126. The van der Waals surface area contributed by atoms with E-state index in [9.17, 15) is 4.79 Å². The molecule has 0 aliphatic carbocycles. The SMILES string of the molecule is COc1ccc(-c2nc(SCCCC(C)(C)C(N)=O)[nH]c2-c2ccc(OC)cc2)cc1. The van der Waals surface area contributed by atoms with Gasteiger partial charge in [0.15, 0.2) is 5.16 Å². The highest BCUT2D eigenvalue weighted by atomic mass is 32.2. The molecule has 0 fully saturated rings. The van der Waals surface area contributed by atoms with Gasteiger partial charge in [0.2, 0.25) is 5.91 Å². The number of amides is 1. The highest BCUT2D eigenvalue weighted by Gasteiger charge is 2.24. The number of carbonyl (C=O) groups excluding carboxylic acids is 1. The van der Waals surface area contributed by atoms with Gasteiger partial charge in [0.05, 0.1) is 25.6 Å². The van der Waals surface area contributed by atoms with Crippen LogP contribution in [0.5, 0.6) is 11.5 Å². The normalized spacial score (nSPS) is 11.4. The van der Waals surface area contributed by atoms with Gasteiger partial charge in [-0.25, -0.2) is 4.98 Å². The lowest BCUT2D eigenvalue weighted by atomic mass is 9.87. The summed E-state index contributed by atoms with van der Waals surface area (Å²) in [5.41, 5.74) is 8.85. The number of nitrogens with zero attached hydrogens (tertiary/aromatic N) is 1. The number of aromatic nitrogens is 2. The Morgan fingerprint density at radius 1 is 1.00 bits per heavy atom. The van der Waals surface area contributed by atoms with Crippen LogP contribution in [0.1, 0.15) is 26.7 Å². The van der Waals surface area contributed by atoms with Gasteiger partial charge in [0.1, 0.15) is 11.5 Å². The number of rotatable bonds is 10. The Labute approximate surface area is 187 Å². The minimum atomic E-state index is -0.494. The third-order valence-electron chi connectivity index (χ3n) is 5.28. The van der Waals surface area contributed by atoms with Crippen molar-refractivity contribution in [1.29, 1.82) is 0 Å². The first-order chi connectivity index (χ1) is 14.8. The predicted molar refractivity (Wildman–Crippen MR) is 125 cm³/mol. The largest absolute Gasteiger partial charge is 0.497 e. The molecule has 3 rings (SSSR count). The summed E-state index contributed by atoms with van der Waals surface area (Å²) < 4.78 is 10.6. The monoisotopic (exact) mass is 439 g/mol. The molecule has 31 heavy (non-hydrogen) atoms. The van der Waals surface area contributed by atoms with Crippen LogP contribution in [-0.2, 0) is 4.79 Å². The van der Waals surface area contributed by atoms with Gasteiger partial charge in [0, 0.05) is 22.3 Å². The van der Waals surface area contributed by atoms with Crippen molar-refractivity contribution in [3.05, 3.63) is 48.5 Å². The first-order valence-electron chi connectivity index (χ1n) is 10.2. The number of nitrogens with two attached hydrogens (primary N) is 1. The van der Waals surface area contributed by atoms with E-state index in [2.05, 4.69) is 4.98 Å². The van der Waals surface area contributed by atoms with E-state index >= 15 is 0 Å². The number of imidazole rings is 1. The zero-order valence-corrected chi connectivity index (χ0v) is 19.2. The molecule has 0 atom stereocenters. The second kappa shape index (κ2) is 9.92. The number of H-pyrrole nitrogens is 1. The molecule has 7 heteroatoms. The summed E-state index contributed by atoms with van der Waals surface area (Å²) in [7, 11) is 3.31. The molecule has 0 saturated heterocycles. The van der Waals surface area contributed by atoms with Crippen LogP contribution in [0.25, 0.3) is 22.5 Å². The molecule has 2 aromatic carbocycles. The first-order valence-corrected chi connectivity index (χ1v) is 11.1. The molecule has 1 aromatic heterocycles. The van der Waals surface area contributed by atoms with Crippen LogP contribution in [0.15, 0.2) is 53.7 Å². The third kappa shape index (κ3) is 5.61. The van der Waals surface area contributed by atoms with Crippen LogP contribution in [0.3, 0.4) is 0 Å². The second-order valence-corrected chi connectivity index (χ2v) is 9.01. The Kier molecular flexibility index (Phi) is 7.28. The molecule has 1 amide bonds. The number of methoxy groups -OCH3 is 2. The van der Waals surface area contributed by atoms with Gasteiger partial charge in [-0.1, -0.05) is 25.6 Å². The minimum absolute atomic E-state index is 0.265. The number of nitrogens with one attached hydrogen (secondary N) is 1. The zero-order valence-electron chi connectivity index (χ0n) is 18.4. The van der Waals surface area contributed by atoms with Crippen LogP contribution >= 0.6 is 11.8 Å². The minimum Gasteiger partial charge on any atom is -0.497 e. The maximum atomic E-state index is 11.5. The molecule has 164 valence electrons. The van der Waals surface area contributed by atoms with Gasteiger partial charge in [0.25, 0.3) is 0 Å². The van der Waals surface area contributed by atoms with Crippen molar-refractivity contribution in [3.63, 3.8) is 0 Å². The molecule has 0 aliphatic heterocycles. The maximum Gasteiger partial charge on any atom is 0.223 e. The number of hydrogen-bond acceptors (Lipinski definition) is 5. The number of carbonyl (C=O) groups is 1. The number of benzene rings is 2. The quantitative estimate of drug-likeness (QED) is 0.337. The summed E-state index contributed by atoms with van der Waals surface area (Å²) in [4.78, 5) is 19.9. The molecule has 0 aliphatic rings. The van der Waals surface area contributed by atoms with E-state index in [0.29, 0.717) is 0 Å². The van der Waals surface area contributed by atoms with Gasteiger partial charge in [-0.05, 0) is 61.4 Å². The summed E-state index contributed by atoms with van der Waals surface area (Å²) in [6, 6.07) is 15.8. The van der Waals surface area contributed by atoms with Gasteiger partial charge in [-0.3, -0.25) is 4.79 Å². The highest BCUT2D eigenvalue weighted by Crippen LogP contribution is 2.34. The zero-order chi connectivity index (χ0) is 22.4.